The quantitative estimate of drug-likeness (QED) is 0.429. The molecule has 0 saturated heterocycles. The predicted octanol–water partition coefficient (Wildman–Crippen LogP) is 3.31. The molecular formula is C24H30N4O5S2. The average Bonchev–Trinajstić information content (AvgIpc) is 3.27. The maximum Gasteiger partial charge on any atom is 0.260 e. The maximum absolute atomic E-state index is 13.6. The van der Waals surface area contributed by atoms with Crippen LogP contribution in [0, 0.1) is 0 Å². The number of benzene rings is 2. The number of thiazole rings is 1. The van der Waals surface area contributed by atoms with Gasteiger partial charge in [0.2, 0.25) is 10.0 Å². The van der Waals surface area contributed by atoms with Crippen LogP contribution >= 0.6 is 11.3 Å². The standard InChI is InChI=1S/C24H30N4O5S2/c1-5-27(6-2)11-12-28(23(29)17-7-9-18(10-8-17)35(30,31)26(3)4)24-25-19-15-20-21(16-22(19)34-24)33-14-13-32-20/h7-10,15-16H,5-6,11-14H2,1-4H3. The van der Waals surface area contributed by atoms with Crippen LogP contribution in [0.2, 0.25) is 0 Å². The van der Waals surface area contributed by atoms with Gasteiger partial charge in [-0.15, -0.1) is 0 Å². The molecule has 4 rings (SSSR count). The Bertz CT molecular complexity index is 1260. The Morgan fingerprint density at radius 1 is 1.00 bits per heavy atom. The van der Waals surface area contributed by atoms with Gasteiger partial charge in [-0.25, -0.2) is 17.7 Å². The van der Waals surface area contributed by atoms with Crippen molar-refractivity contribution in [2.24, 2.45) is 0 Å². The van der Waals surface area contributed by atoms with E-state index in [4.69, 9.17) is 14.5 Å². The van der Waals surface area contributed by atoms with Crippen LogP contribution in [-0.2, 0) is 10.0 Å². The average molecular weight is 519 g/mol. The third-order valence-electron chi connectivity index (χ3n) is 5.93. The second-order valence-corrected chi connectivity index (χ2v) is 11.4. The topological polar surface area (TPSA) is 92.3 Å². The van der Waals surface area contributed by atoms with Crippen molar-refractivity contribution in [3.05, 3.63) is 42.0 Å². The highest BCUT2D eigenvalue weighted by Crippen LogP contribution is 2.39. The number of ether oxygens (including phenoxy) is 2. The van der Waals surface area contributed by atoms with E-state index in [1.54, 1.807) is 17.0 Å². The summed E-state index contributed by atoms with van der Waals surface area (Å²) in [5.74, 6) is 1.10. The molecule has 0 saturated carbocycles. The summed E-state index contributed by atoms with van der Waals surface area (Å²) in [7, 11) is -0.625. The second-order valence-electron chi connectivity index (χ2n) is 8.26. The molecule has 3 aromatic rings. The summed E-state index contributed by atoms with van der Waals surface area (Å²) in [6.45, 7) is 8.04. The van der Waals surface area contributed by atoms with Crippen molar-refractivity contribution in [2.75, 3.05) is 58.4 Å². The number of carbonyl (C=O) groups excluding carboxylic acids is 1. The highest BCUT2D eigenvalue weighted by atomic mass is 32.2. The maximum atomic E-state index is 13.6. The molecule has 1 aliphatic rings. The highest BCUT2D eigenvalue weighted by Gasteiger charge is 2.24. The van der Waals surface area contributed by atoms with Gasteiger partial charge in [0.1, 0.15) is 13.2 Å². The van der Waals surface area contributed by atoms with E-state index in [0.29, 0.717) is 48.5 Å². The van der Waals surface area contributed by atoms with Crippen molar-refractivity contribution < 1.29 is 22.7 Å². The van der Waals surface area contributed by atoms with Crippen LogP contribution < -0.4 is 14.4 Å². The number of amides is 1. The number of likely N-dealkylation sites (N-methyl/N-ethyl adjacent to an activating group) is 1. The molecule has 2 heterocycles. The number of sulfonamides is 1. The first-order valence-corrected chi connectivity index (χ1v) is 13.8. The van der Waals surface area contributed by atoms with Crippen LogP contribution in [0.4, 0.5) is 5.13 Å². The van der Waals surface area contributed by atoms with E-state index < -0.39 is 10.0 Å². The van der Waals surface area contributed by atoms with Gasteiger partial charge in [0.05, 0.1) is 15.1 Å². The number of nitrogens with zero attached hydrogens (tertiary/aromatic N) is 4. The summed E-state index contributed by atoms with van der Waals surface area (Å²) in [6, 6.07) is 9.78. The summed E-state index contributed by atoms with van der Waals surface area (Å²) in [5, 5.41) is 0.574. The molecule has 1 aliphatic heterocycles. The zero-order valence-electron chi connectivity index (χ0n) is 20.4. The summed E-state index contributed by atoms with van der Waals surface area (Å²) in [6.07, 6.45) is 0. The van der Waals surface area contributed by atoms with Crippen molar-refractivity contribution in [3.8, 4) is 11.5 Å². The minimum atomic E-state index is -3.58. The fourth-order valence-electron chi connectivity index (χ4n) is 3.77. The van der Waals surface area contributed by atoms with Gasteiger partial charge in [-0.05, 0) is 37.4 Å². The second kappa shape index (κ2) is 10.5. The van der Waals surface area contributed by atoms with Crippen LogP contribution in [0.1, 0.15) is 24.2 Å². The van der Waals surface area contributed by atoms with E-state index in [1.807, 2.05) is 12.1 Å². The Labute approximate surface area is 209 Å². The highest BCUT2D eigenvalue weighted by molar-refractivity contribution is 7.89. The van der Waals surface area contributed by atoms with Gasteiger partial charge < -0.3 is 14.4 Å². The monoisotopic (exact) mass is 518 g/mol. The number of rotatable bonds is 9. The summed E-state index contributed by atoms with van der Waals surface area (Å²) >= 11 is 1.42. The van der Waals surface area contributed by atoms with E-state index in [9.17, 15) is 13.2 Å². The van der Waals surface area contributed by atoms with Gasteiger partial charge in [0, 0.05) is 44.9 Å². The molecule has 0 bridgehead atoms. The van der Waals surface area contributed by atoms with Crippen LogP contribution in [0.5, 0.6) is 11.5 Å². The molecule has 0 N–H and O–H groups in total. The largest absolute Gasteiger partial charge is 0.486 e. The zero-order chi connectivity index (χ0) is 25.2. The first-order valence-electron chi connectivity index (χ1n) is 11.5. The molecule has 1 amide bonds. The van der Waals surface area contributed by atoms with Gasteiger partial charge in [0.25, 0.3) is 5.91 Å². The third kappa shape index (κ3) is 5.27. The summed E-state index contributed by atoms with van der Waals surface area (Å²) in [4.78, 5) is 22.4. The van der Waals surface area contributed by atoms with Gasteiger partial charge in [0.15, 0.2) is 16.6 Å². The third-order valence-corrected chi connectivity index (χ3v) is 8.80. The van der Waals surface area contributed by atoms with E-state index in [2.05, 4.69) is 18.7 Å². The first kappa shape index (κ1) is 25.4. The Morgan fingerprint density at radius 3 is 2.23 bits per heavy atom. The normalized spacial score (nSPS) is 13.5. The van der Waals surface area contributed by atoms with E-state index >= 15 is 0 Å². The Hall–Kier alpha value is -2.73. The first-order chi connectivity index (χ1) is 16.7. The SMILES string of the molecule is CCN(CC)CCN(C(=O)c1ccc(S(=O)(=O)N(C)C)cc1)c1nc2cc3c(cc2s1)OCCO3. The fourth-order valence-corrected chi connectivity index (χ4v) is 5.67. The number of hydrogen-bond acceptors (Lipinski definition) is 8. The lowest BCUT2D eigenvalue weighted by Crippen LogP contribution is -2.38. The minimum absolute atomic E-state index is 0.138. The summed E-state index contributed by atoms with van der Waals surface area (Å²) in [5.41, 5.74) is 1.13. The number of fused-ring (bicyclic) bond motifs is 2. The number of anilines is 1. The minimum Gasteiger partial charge on any atom is -0.486 e. The van der Waals surface area contributed by atoms with Crippen molar-refractivity contribution in [2.45, 2.75) is 18.7 Å². The van der Waals surface area contributed by atoms with Gasteiger partial charge >= 0.3 is 0 Å². The summed E-state index contributed by atoms with van der Waals surface area (Å²) < 4.78 is 38.3. The lowest BCUT2D eigenvalue weighted by Gasteiger charge is -2.24. The molecule has 0 spiro atoms. The van der Waals surface area contributed by atoms with E-state index in [0.717, 1.165) is 27.6 Å². The number of hydrogen-bond donors (Lipinski definition) is 0. The Balaban J connectivity index is 1.68. The van der Waals surface area contributed by atoms with Crippen molar-refractivity contribution in [1.29, 1.82) is 0 Å². The number of aromatic nitrogens is 1. The van der Waals surface area contributed by atoms with Crippen LogP contribution in [0.15, 0.2) is 41.3 Å². The lowest BCUT2D eigenvalue weighted by atomic mass is 10.2. The molecule has 2 aromatic carbocycles. The van der Waals surface area contributed by atoms with Gasteiger partial charge in [-0.2, -0.15) is 0 Å². The van der Waals surface area contributed by atoms with Crippen molar-refractivity contribution in [1.82, 2.24) is 14.2 Å². The fraction of sp³-hybridized carbons (Fsp3) is 0.417. The molecule has 0 atom stereocenters. The van der Waals surface area contributed by atoms with E-state index in [-0.39, 0.29) is 10.8 Å². The smallest absolute Gasteiger partial charge is 0.260 e. The van der Waals surface area contributed by atoms with Crippen molar-refractivity contribution in [3.63, 3.8) is 0 Å². The zero-order valence-corrected chi connectivity index (χ0v) is 22.0. The molecule has 35 heavy (non-hydrogen) atoms. The lowest BCUT2D eigenvalue weighted by molar-refractivity contribution is 0.0983. The van der Waals surface area contributed by atoms with Crippen molar-refractivity contribution >= 4 is 42.6 Å². The molecule has 1 aromatic heterocycles. The predicted molar refractivity (Wildman–Crippen MR) is 137 cm³/mol. The Morgan fingerprint density at radius 2 is 1.63 bits per heavy atom. The molecule has 0 aliphatic carbocycles. The molecule has 11 heteroatoms. The van der Waals surface area contributed by atoms with E-state index in [1.165, 1.54) is 37.6 Å². The molecule has 0 unspecified atom stereocenters. The van der Waals surface area contributed by atoms with Crippen LogP contribution in [0.25, 0.3) is 10.2 Å². The Kier molecular flexibility index (Phi) is 7.60. The molecular weight excluding hydrogens is 488 g/mol. The molecule has 188 valence electrons. The molecule has 9 nitrogen and oxygen atoms in total. The molecule has 0 radical (unpaired) electrons. The molecule has 0 fully saturated rings. The van der Waals surface area contributed by atoms with Gasteiger partial charge in [-0.3, -0.25) is 9.69 Å². The van der Waals surface area contributed by atoms with Crippen LogP contribution in [-0.4, -0.2) is 82.0 Å². The van der Waals surface area contributed by atoms with Gasteiger partial charge in [-0.1, -0.05) is 25.2 Å². The number of carbonyl (C=O) groups is 1. The van der Waals surface area contributed by atoms with Crippen LogP contribution in [0.3, 0.4) is 0 Å².